The van der Waals surface area contributed by atoms with Crippen LogP contribution in [0.15, 0.2) is 53.4 Å². The van der Waals surface area contributed by atoms with Crippen molar-refractivity contribution >= 4 is 21.4 Å². The summed E-state index contributed by atoms with van der Waals surface area (Å²) < 4.78 is 25.9. The van der Waals surface area contributed by atoms with Gasteiger partial charge in [0.15, 0.2) is 9.84 Å². The highest BCUT2D eigenvalue weighted by atomic mass is 35.5. The lowest BCUT2D eigenvalue weighted by atomic mass is 10.1. The standard InChI is InChI=1S/C17H19ClN2O2S/c1-11-2-8-14(9-3-11)23(21,22)16-15(17(16,20)10-19)12-4-6-13(18)7-5-12/h2-9,15-16H,10,19-20H2,1H3/t15-,16+,17+/m0/s1. The van der Waals surface area contributed by atoms with Gasteiger partial charge in [0.05, 0.1) is 15.7 Å². The molecule has 4 N–H and O–H groups in total. The van der Waals surface area contributed by atoms with Crippen molar-refractivity contribution < 1.29 is 8.42 Å². The Hall–Kier alpha value is -1.40. The first-order valence-electron chi connectivity index (χ1n) is 7.35. The van der Waals surface area contributed by atoms with Crippen molar-refractivity contribution in [2.75, 3.05) is 6.54 Å². The molecule has 3 rings (SSSR count). The fourth-order valence-electron chi connectivity index (χ4n) is 3.16. The molecule has 4 nitrogen and oxygen atoms in total. The molecule has 0 bridgehead atoms. The number of halogens is 1. The normalized spacial score (nSPS) is 27.0. The largest absolute Gasteiger partial charge is 0.329 e. The Balaban J connectivity index is 2.01. The summed E-state index contributed by atoms with van der Waals surface area (Å²) >= 11 is 5.90. The van der Waals surface area contributed by atoms with Crippen LogP contribution in [0.4, 0.5) is 0 Å². The van der Waals surface area contributed by atoms with Crippen LogP contribution in [-0.4, -0.2) is 25.8 Å². The molecule has 0 spiro atoms. The van der Waals surface area contributed by atoms with Gasteiger partial charge in [-0.2, -0.15) is 0 Å². The van der Waals surface area contributed by atoms with E-state index in [0.29, 0.717) is 5.02 Å². The fourth-order valence-corrected chi connectivity index (χ4v) is 5.61. The Labute approximate surface area is 141 Å². The Morgan fingerprint density at radius 3 is 2.17 bits per heavy atom. The summed E-state index contributed by atoms with van der Waals surface area (Å²) in [7, 11) is -3.55. The number of benzene rings is 2. The lowest BCUT2D eigenvalue weighted by molar-refractivity contribution is 0.586. The third kappa shape index (κ3) is 2.68. The minimum Gasteiger partial charge on any atom is -0.329 e. The minimum absolute atomic E-state index is 0.107. The number of aryl methyl sites for hydroxylation is 1. The Bertz CT molecular complexity index is 819. The SMILES string of the molecule is Cc1ccc(S(=O)(=O)[C@@H]2[C@H](c3ccc(Cl)cc3)[C@]2(N)CN)cc1. The highest BCUT2D eigenvalue weighted by Gasteiger charge is 2.68. The molecule has 6 heteroatoms. The maximum atomic E-state index is 13.0. The summed E-state index contributed by atoms with van der Waals surface area (Å²) in [5, 5.41) is -0.119. The Morgan fingerprint density at radius 2 is 1.65 bits per heavy atom. The topological polar surface area (TPSA) is 86.2 Å². The number of nitrogens with two attached hydrogens (primary N) is 2. The average Bonchev–Trinajstić information content (AvgIpc) is 3.16. The molecule has 1 aliphatic carbocycles. The van der Waals surface area contributed by atoms with Crippen LogP contribution in [0.25, 0.3) is 0 Å². The highest BCUT2D eigenvalue weighted by Crippen LogP contribution is 2.55. The fraction of sp³-hybridized carbons (Fsp3) is 0.294. The first-order chi connectivity index (χ1) is 10.8. The zero-order chi connectivity index (χ0) is 16.8. The van der Waals surface area contributed by atoms with Crippen molar-refractivity contribution in [1.29, 1.82) is 0 Å². The van der Waals surface area contributed by atoms with Gasteiger partial charge in [-0.25, -0.2) is 8.42 Å². The second-order valence-corrected chi connectivity index (χ2v) is 8.63. The predicted octanol–water partition coefficient (Wildman–Crippen LogP) is 2.24. The van der Waals surface area contributed by atoms with Gasteiger partial charge >= 0.3 is 0 Å². The molecule has 0 unspecified atom stereocenters. The molecule has 0 saturated heterocycles. The smallest absolute Gasteiger partial charge is 0.183 e. The van der Waals surface area contributed by atoms with E-state index in [1.54, 1.807) is 36.4 Å². The summed E-state index contributed by atoms with van der Waals surface area (Å²) in [6.07, 6.45) is 0. The molecule has 2 aromatic carbocycles. The van der Waals surface area contributed by atoms with Crippen LogP contribution < -0.4 is 11.5 Å². The van der Waals surface area contributed by atoms with Crippen LogP contribution in [0.3, 0.4) is 0 Å². The quantitative estimate of drug-likeness (QED) is 0.885. The molecular formula is C17H19ClN2O2S. The molecule has 0 heterocycles. The van der Waals surface area contributed by atoms with Crippen LogP contribution in [0.2, 0.25) is 5.02 Å². The lowest BCUT2D eigenvalue weighted by Crippen LogP contribution is -2.39. The molecule has 1 saturated carbocycles. The molecular weight excluding hydrogens is 332 g/mol. The highest BCUT2D eigenvalue weighted by molar-refractivity contribution is 7.92. The van der Waals surface area contributed by atoms with E-state index in [0.717, 1.165) is 11.1 Å². The first-order valence-corrected chi connectivity index (χ1v) is 9.28. The monoisotopic (exact) mass is 350 g/mol. The van der Waals surface area contributed by atoms with E-state index in [-0.39, 0.29) is 17.4 Å². The van der Waals surface area contributed by atoms with E-state index >= 15 is 0 Å². The molecule has 122 valence electrons. The number of sulfone groups is 1. The van der Waals surface area contributed by atoms with Crippen molar-refractivity contribution in [3.05, 3.63) is 64.7 Å². The van der Waals surface area contributed by atoms with Crippen molar-refractivity contribution in [3.8, 4) is 0 Å². The van der Waals surface area contributed by atoms with Crippen molar-refractivity contribution in [2.24, 2.45) is 11.5 Å². The van der Waals surface area contributed by atoms with Gasteiger partial charge in [-0.3, -0.25) is 0 Å². The average molecular weight is 351 g/mol. The summed E-state index contributed by atoms with van der Waals surface area (Å²) in [6.45, 7) is 2.02. The van der Waals surface area contributed by atoms with E-state index in [1.165, 1.54) is 0 Å². The number of rotatable bonds is 4. The molecule has 0 amide bonds. The second kappa shape index (κ2) is 5.60. The van der Waals surface area contributed by atoms with Crippen molar-refractivity contribution in [3.63, 3.8) is 0 Å². The predicted molar refractivity (Wildman–Crippen MR) is 92.3 cm³/mol. The van der Waals surface area contributed by atoms with Crippen LogP contribution in [0.1, 0.15) is 17.0 Å². The van der Waals surface area contributed by atoms with E-state index in [2.05, 4.69) is 0 Å². The van der Waals surface area contributed by atoms with Crippen molar-refractivity contribution in [2.45, 2.75) is 28.5 Å². The summed E-state index contributed by atoms with van der Waals surface area (Å²) in [5.74, 6) is -0.323. The third-order valence-corrected chi connectivity index (χ3v) is 7.13. The zero-order valence-corrected chi connectivity index (χ0v) is 14.3. The van der Waals surface area contributed by atoms with Gasteiger partial charge in [0.1, 0.15) is 0 Å². The Morgan fingerprint density at radius 1 is 1.09 bits per heavy atom. The number of hydrogen-bond acceptors (Lipinski definition) is 4. The Kier molecular flexibility index (Phi) is 4.01. The van der Waals surface area contributed by atoms with Gasteiger partial charge in [-0.1, -0.05) is 41.4 Å². The van der Waals surface area contributed by atoms with E-state index in [1.807, 2.05) is 19.1 Å². The van der Waals surface area contributed by atoms with Gasteiger partial charge in [-0.15, -0.1) is 0 Å². The molecule has 3 atom stereocenters. The third-order valence-electron chi connectivity index (χ3n) is 4.57. The second-order valence-electron chi connectivity index (χ2n) is 6.12. The van der Waals surface area contributed by atoms with Gasteiger partial charge in [0.25, 0.3) is 0 Å². The lowest BCUT2D eigenvalue weighted by Gasteiger charge is -2.09. The van der Waals surface area contributed by atoms with E-state index in [4.69, 9.17) is 23.1 Å². The minimum atomic E-state index is -3.55. The zero-order valence-electron chi connectivity index (χ0n) is 12.7. The summed E-state index contributed by atoms with van der Waals surface area (Å²) in [4.78, 5) is 0.285. The molecule has 23 heavy (non-hydrogen) atoms. The molecule has 0 aliphatic heterocycles. The molecule has 2 aromatic rings. The van der Waals surface area contributed by atoms with Crippen LogP contribution in [0.5, 0.6) is 0 Å². The molecule has 0 radical (unpaired) electrons. The molecule has 0 aromatic heterocycles. The maximum absolute atomic E-state index is 13.0. The first kappa shape index (κ1) is 16.5. The summed E-state index contributed by atoms with van der Waals surface area (Å²) in [5.41, 5.74) is 13.0. The molecule has 1 fully saturated rings. The van der Waals surface area contributed by atoms with Crippen LogP contribution >= 0.6 is 11.6 Å². The van der Waals surface area contributed by atoms with Crippen LogP contribution in [0, 0.1) is 6.92 Å². The van der Waals surface area contributed by atoms with Gasteiger partial charge in [0, 0.05) is 17.5 Å². The van der Waals surface area contributed by atoms with E-state index in [9.17, 15) is 8.42 Å². The maximum Gasteiger partial charge on any atom is 0.183 e. The van der Waals surface area contributed by atoms with Gasteiger partial charge in [-0.05, 0) is 36.8 Å². The van der Waals surface area contributed by atoms with Gasteiger partial charge < -0.3 is 11.5 Å². The summed E-state index contributed by atoms with van der Waals surface area (Å²) in [6, 6.07) is 13.9. The molecule has 1 aliphatic rings. The number of hydrogen-bond donors (Lipinski definition) is 2. The van der Waals surface area contributed by atoms with Gasteiger partial charge in [0.2, 0.25) is 0 Å². The van der Waals surface area contributed by atoms with E-state index < -0.39 is 20.6 Å². The van der Waals surface area contributed by atoms with Crippen molar-refractivity contribution in [1.82, 2.24) is 0 Å². The van der Waals surface area contributed by atoms with Crippen LogP contribution in [-0.2, 0) is 9.84 Å².